The highest BCUT2D eigenvalue weighted by Crippen LogP contribution is 2.32. The molecule has 5 nitrogen and oxygen atoms in total. The topological polar surface area (TPSA) is 70.8 Å². The monoisotopic (exact) mass is 299 g/mol. The summed E-state index contributed by atoms with van der Waals surface area (Å²) in [6.07, 6.45) is 0.643. The molecule has 5 heteroatoms. The quantitative estimate of drug-likeness (QED) is 0.925. The summed E-state index contributed by atoms with van der Waals surface area (Å²) < 4.78 is 5.46. The first-order chi connectivity index (χ1) is 10.5. The second-order valence-corrected chi connectivity index (χ2v) is 5.56. The van der Waals surface area contributed by atoms with Crippen molar-refractivity contribution in [1.82, 2.24) is 4.90 Å². The number of hydrogen-bond acceptors (Lipinski definition) is 3. The summed E-state index contributed by atoms with van der Waals surface area (Å²) >= 11 is 0. The maximum Gasteiger partial charge on any atom is 0.331 e. The first-order valence-corrected chi connectivity index (χ1v) is 7.17. The van der Waals surface area contributed by atoms with Crippen LogP contribution in [0.1, 0.15) is 39.0 Å². The molecule has 114 valence electrons. The zero-order chi connectivity index (χ0) is 15.9. The van der Waals surface area contributed by atoms with Crippen molar-refractivity contribution in [2.75, 3.05) is 6.54 Å². The van der Waals surface area contributed by atoms with E-state index in [1.807, 2.05) is 12.1 Å². The fourth-order valence-electron chi connectivity index (χ4n) is 3.04. The Morgan fingerprint density at radius 3 is 2.64 bits per heavy atom. The molecule has 2 aromatic rings. The molecular formula is C17H17NO4. The molecule has 0 spiro atoms. The Bertz CT molecular complexity index is 747. The molecule has 0 bridgehead atoms. The molecule has 3 rings (SSSR count). The van der Waals surface area contributed by atoms with Gasteiger partial charge in [-0.2, -0.15) is 0 Å². The minimum absolute atomic E-state index is 0.225. The van der Waals surface area contributed by atoms with Crippen molar-refractivity contribution in [2.45, 2.75) is 26.3 Å². The van der Waals surface area contributed by atoms with Gasteiger partial charge in [0, 0.05) is 12.1 Å². The number of carboxylic acids is 1. The highest BCUT2D eigenvalue weighted by Gasteiger charge is 2.37. The van der Waals surface area contributed by atoms with Gasteiger partial charge in [-0.05, 0) is 37.5 Å². The van der Waals surface area contributed by atoms with E-state index in [9.17, 15) is 14.7 Å². The molecule has 0 radical (unpaired) electrons. The molecule has 1 atom stereocenters. The number of benzene rings is 1. The first kappa shape index (κ1) is 14.4. The Labute approximate surface area is 128 Å². The molecule has 0 saturated carbocycles. The van der Waals surface area contributed by atoms with Crippen LogP contribution in [0.4, 0.5) is 0 Å². The van der Waals surface area contributed by atoms with Crippen LogP contribution in [0.3, 0.4) is 0 Å². The lowest BCUT2D eigenvalue weighted by atomic mass is 9.92. The summed E-state index contributed by atoms with van der Waals surface area (Å²) in [4.78, 5) is 25.8. The molecule has 0 aliphatic carbocycles. The minimum Gasteiger partial charge on any atom is -0.479 e. The van der Waals surface area contributed by atoms with Gasteiger partial charge in [0.05, 0.1) is 0 Å². The van der Waals surface area contributed by atoms with E-state index in [1.54, 1.807) is 32.0 Å². The number of aryl methyl sites for hydroxylation is 2. The summed E-state index contributed by atoms with van der Waals surface area (Å²) in [6, 6.07) is 8.17. The molecule has 1 unspecified atom stereocenters. The van der Waals surface area contributed by atoms with Crippen molar-refractivity contribution in [3.8, 4) is 0 Å². The van der Waals surface area contributed by atoms with Crippen LogP contribution in [0, 0.1) is 13.8 Å². The van der Waals surface area contributed by atoms with E-state index in [0.717, 1.165) is 11.1 Å². The number of aliphatic carboxylic acids is 1. The molecule has 1 aromatic heterocycles. The third kappa shape index (κ3) is 2.28. The average Bonchev–Trinajstić information content (AvgIpc) is 2.83. The third-order valence-corrected chi connectivity index (χ3v) is 4.01. The molecule has 1 aromatic carbocycles. The van der Waals surface area contributed by atoms with Gasteiger partial charge in [0.25, 0.3) is 5.91 Å². The lowest BCUT2D eigenvalue weighted by Gasteiger charge is -2.34. The van der Waals surface area contributed by atoms with Gasteiger partial charge in [-0.15, -0.1) is 0 Å². The maximum absolute atomic E-state index is 12.7. The van der Waals surface area contributed by atoms with Gasteiger partial charge < -0.3 is 14.4 Å². The zero-order valence-electron chi connectivity index (χ0n) is 12.5. The van der Waals surface area contributed by atoms with Crippen LogP contribution in [-0.2, 0) is 11.2 Å². The second kappa shape index (κ2) is 5.33. The Morgan fingerprint density at radius 1 is 1.27 bits per heavy atom. The Kier molecular flexibility index (Phi) is 3.48. The predicted molar refractivity (Wildman–Crippen MR) is 79.7 cm³/mol. The van der Waals surface area contributed by atoms with Gasteiger partial charge in [0.15, 0.2) is 11.8 Å². The van der Waals surface area contributed by atoms with E-state index >= 15 is 0 Å². The second-order valence-electron chi connectivity index (χ2n) is 5.56. The third-order valence-electron chi connectivity index (χ3n) is 4.01. The summed E-state index contributed by atoms with van der Waals surface area (Å²) in [7, 11) is 0. The summed E-state index contributed by atoms with van der Waals surface area (Å²) in [6.45, 7) is 3.92. The molecule has 2 heterocycles. The molecule has 1 N–H and O–H groups in total. The molecule has 0 fully saturated rings. The highest BCUT2D eigenvalue weighted by molar-refractivity contribution is 5.96. The Morgan fingerprint density at radius 2 is 2.00 bits per heavy atom. The van der Waals surface area contributed by atoms with E-state index in [1.165, 1.54) is 4.90 Å². The van der Waals surface area contributed by atoms with Crippen molar-refractivity contribution in [2.24, 2.45) is 0 Å². The minimum atomic E-state index is -1.03. The SMILES string of the molecule is Cc1cc(C)c(C(=O)N2CCc3ccccc3C2C(=O)O)o1. The van der Waals surface area contributed by atoms with Gasteiger partial charge in [-0.3, -0.25) is 4.79 Å². The van der Waals surface area contributed by atoms with E-state index in [-0.39, 0.29) is 11.7 Å². The highest BCUT2D eigenvalue weighted by atomic mass is 16.4. The number of amides is 1. The van der Waals surface area contributed by atoms with Crippen LogP contribution >= 0.6 is 0 Å². The summed E-state index contributed by atoms with van der Waals surface area (Å²) in [5.74, 6) is -0.526. The van der Waals surface area contributed by atoms with Crippen LogP contribution in [0.25, 0.3) is 0 Å². The average molecular weight is 299 g/mol. The fraction of sp³-hybridized carbons (Fsp3) is 0.294. The van der Waals surface area contributed by atoms with Gasteiger partial charge in [-0.25, -0.2) is 4.79 Å². The van der Waals surface area contributed by atoms with E-state index in [4.69, 9.17) is 4.42 Å². The number of nitrogens with zero attached hydrogens (tertiary/aromatic N) is 1. The van der Waals surface area contributed by atoms with Crippen LogP contribution in [-0.4, -0.2) is 28.4 Å². The summed E-state index contributed by atoms with van der Waals surface area (Å²) in [5, 5.41) is 9.60. The molecule has 1 aliphatic rings. The van der Waals surface area contributed by atoms with Crippen molar-refractivity contribution in [3.05, 3.63) is 58.5 Å². The number of hydrogen-bond donors (Lipinski definition) is 1. The number of furan rings is 1. The fourth-order valence-corrected chi connectivity index (χ4v) is 3.04. The van der Waals surface area contributed by atoms with E-state index in [2.05, 4.69) is 0 Å². The standard InChI is InChI=1S/C17H17NO4/c1-10-9-11(2)22-15(10)16(19)18-8-7-12-5-3-4-6-13(12)14(18)17(20)21/h3-6,9,14H,7-8H2,1-2H3,(H,20,21). The van der Waals surface area contributed by atoms with Crippen molar-refractivity contribution < 1.29 is 19.1 Å². The number of carbonyl (C=O) groups is 2. The summed E-state index contributed by atoms with van der Waals surface area (Å²) in [5.41, 5.74) is 2.38. The molecule has 22 heavy (non-hydrogen) atoms. The number of carboxylic acid groups (broad SMARTS) is 1. The normalized spacial score (nSPS) is 17.2. The predicted octanol–water partition coefficient (Wildman–Crippen LogP) is 2.72. The van der Waals surface area contributed by atoms with Gasteiger partial charge in [-0.1, -0.05) is 24.3 Å². The molecule has 0 saturated heterocycles. The maximum atomic E-state index is 12.7. The van der Waals surface area contributed by atoms with E-state index < -0.39 is 12.0 Å². The van der Waals surface area contributed by atoms with Crippen molar-refractivity contribution in [3.63, 3.8) is 0 Å². The van der Waals surface area contributed by atoms with Crippen LogP contribution in [0.5, 0.6) is 0 Å². The smallest absolute Gasteiger partial charge is 0.331 e. The number of fused-ring (bicyclic) bond motifs is 1. The van der Waals surface area contributed by atoms with Crippen LogP contribution < -0.4 is 0 Å². The van der Waals surface area contributed by atoms with Gasteiger partial charge in [0.1, 0.15) is 5.76 Å². The lowest BCUT2D eigenvalue weighted by molar-refractivity contribution is -0.143. The zero-order valence-corrected chi connectivity index (χ0v) is 12.5. The first-order valence-electron chi connectivity index (χ1n) is 7.17. The molecular weight excluding hydrogens is 282 g/mol. The molecule has 1 aliphatic heterocycles. The van der Waals surface area contributed by atoms with Crippen molar-refractivity contribution >= 4 is 11.9 Å². The van der Waals surface area contributed by atoms with E-state index in [0.29, 0.717) is 24.3 Å². The Balaban J connectivity index is 2.02. The lowest BCUT2D eigenvalue weighted by Crippen LogP contribution is -2.43. The van der Waals surface area contributed by atoms with Crippen molar-refractivity contribution in [1.29, 1.82) is 0 Å². The Hall–Kier alpha value is -2.56. The largest absolute Gasteiger partial charge is 0.479 e. The van der Waals surface area contributed by atoms with Crippen LogP contribution in [0.15, 0.2) is 34.7 Å². The number of carbonyl (C=O) groups excluding carboxylic acids is 1. The van der Waals surface area contributed by atoms with Crippen LogP contribution in [0.2, 0.25) is 0 Å². The van der Waals surface area contributed by atoms with Gasteiger partial charge in [0.2, 0.25) is 0 Å². The molecule has 1 amide bonds. The van der Waals surface area contributed by atoms with Gasteiger partial charge >= 0.3 is 5.97 Å². The number of rotatable bonds is 2.